The summed E-state index contributed by atoms with van der Waals surface area (Å²) in [5.41, 5.74) is 4.12. The van der Waals surface area contributed by atoms with Gasteiger partial charge in [-0.1, -0.05) is 6.07 Å². The number of pyridine rings is 2. The lowest BCUT2D eigenvalue weighted by atomic mass is 9.90. The van der Waals surface area contributed by atoms with Crippen molar-refractivity contribution in [2.75, 3.05) is 30.0 Å². The van der Waals surface area contributed by atoms with Gasteiger partial charge in [-0.2, -0.15) is 5.26 Å². The van der Waals surface area contributed by atoms with Crippen molar-refractivity contribution in [2.24, 2.45) is 0 Å². The van der Waals surface area contributed by atoms with E-state index in [0.29, 0.717) is 30.2 Å². The molecule has 2 aromatic heterocycles. The molecule has 1 aliphatic heterocycles. The SMILES string of the molecule is Cc1ccc(NC(=O)c2ccnc(C(C)(C)C#N)c2)cc1-c1ccnc(N2CCOCC2C)c1. The van der Waals surface area contributed by atoms with Gasteiger partial charge in [0.05, 0.1) is 36.4 Å². The molecule has 7 nitrogen and oxygen atoms in total. The predicted molar refractivity (Wildman–Crippen MR) is 133 cm³/mol. The summed E-state index contributed by atoms with van der Waals surface area (Å²) >= 11 is 0. The molecule has 3 aromatic rings. The van der Waals surface area contributed by atoms with Crippen LogP contribution >= 0.6 is 0 Å². The average Bonchev–Trinajstić information content (AvgIpc) is 2.85. The number of nitrogens with zero attached hydrogens (tertiary/aromatic N) is 4. The molecule has 1 atom stereocenters. The first kappa shape index (κ1) is 23.4. The van der Waals surface area contributed by atoms with Crippen LogP contribution in [0.1, 0.15) is 42.4 Å². The molecule has 1 saturated heterocycles. The highest BCUT2D eigenvalue weighted by Gasteiger charge is 2.23. The molecule has 7 heteroatoms. The Morgan fingerprint density at radius 2 is 1.97 bits per heavy atom. The van der Waals surface area contributed by atoms with E-state index in [4.69, 9.17) is 4.74 Å². The van der Waals surface area contributed by atoms with Crippen LogP contribution in [-0.4, -0.2) is 41.7 Å². The highest BCUT2D eigenvalue weighted by atomic mass is 16.5. The molecule has 1 aromatic carbocycles. The van der Waals surface area contributed by atoms with Crippen LogP contribution in [0.3, 0.4) is 0 Å². The highest BCUT2D eigenvalue weighted by Crippen LogP contribution is 2.30. The molecule has 1 N–H and O–H groups in total. The Morgan fingerprint density at radius 3 is 2.74 bits per heavy atom. The molecular formula is C27H29N5O2. The van der Waals surface area contributed by atoms with Crippen LogP contribution in [0.25, 0.3) is 11.1 Å². The fourth-order valence-electron chi connectivity index (χ4n) is 4.00. The number of aromatic nitrogens is 2. The van der Waals surface area contributed by atoms with Gasteiger partial charge in [0.2, 0.25) is 0 Å². The first-order valence-electron chi connectivity index (χ1n) is 11.4. The van der Waals surface area contributed by atoms with Gasteiger partial charge < -0.3 is 15.0 Å². The van der Waals surface area contributed by atoms with Gasteiger partial charge in [0.25, 0.3) is 5.91 Å². The fraction of sp³-hybridized carbons (Fsp3) is 0.333. The Balaban J connectivity index is 1.59. The first-order chi connectivity index (χ1) is 16.3. The number of hydrogen-bond acceptors (Lipinski definition) is 6. The van der Waals surface area contributed by atoms with Crippen molar-refractivity contribution in [1.82, 2.24) is 9.97 Å². The number of hydrogen-bond donors (Lipinski definition) is 1. The summed E-state index contributed by atoms with van der Waals surface area (Å²) in [6.07, 6.45) is 3.39. The summed E-state index contributed by atoms with van der Waals surface area (Å²) in [5.74, 6) is 0.677. The van der Waals surface area contributed by atoms with Crippen LogP contribution in [-0.2, 0) is 10.2 Å². The molecular weight excluding hydrogens is 426 g/mol. The molecule has 3 heterocycles. The summed E-state index contributed by atoms with van der Waals surface area (Å²) in [6.45, 7) is 9.94. The van der Waals surface area contributed by atoms with Crippen molar-refractivity contribution < 1.29 is 9.53 Å². The average molecular weight is 456 g/mol. The van der Waals surface area contributed by atoms with E-state index in [1.807, 2.05) is 30.5 Å². The number of amides is 1. The van der Waals surface area contributed by atoms with E-state index < -0.39 is 5.41 Å². The Labute approximate surface area is 200 Å². The van der Waals surface area contributed by atoms with Crippen LogP contribution < -0.4 is 10.2 Å². The van der Waals surface area contributed by atoms with E-state index in [1.165, 1.54) is 0 Å². The lowest BCUT2D eigenvalue weighted by Crippen LogP contribution is -2.44. The van der Waals surface area contributed by atoms with E-state index in [9.17, 15) is 10.1 Å². The quantitative estimate of drug-likeness (QED) is 0.598. The van der Waals surface area contributed by atoms with Crippen molar-refractivity contribution >= 4 is 17.4 Å². The maximum Gasteiger partial charge on any atom is 0.255 e. The van der Waals surface area contributed by atoms with E-state index in [1.54, 1.807) is 32.2 Å². The number of morpholine rings is 1. The zero-order valence-corrected chi connectivity index (χ0v) is 20.0. The van der Waals surface area contributed by atoms with Crippen molar-refractivity contribution in [3.8, 4) is 17.2 Å². The standard InChI is InChI=1S/C27H29N5O2/c1-18-5-6-22(31-26(33)21-8-9-29-24(13-21)27(3,4)17-28)15-23(18)20-7-10-30-25(14-20)32-11-12-34-16-19(32)2/h5-10,13-15,19H,11-12,16H2,1-4H3,(H,31,33). The van der Waals surface area contributed by atoms with E-state index in [0.717, 1.165) is 29.1 Å². The van der Waals surface area contributed by atoms with Gasteiger partial charge in [0.15, 0.2) is 0 Å². The number of carbonyl (C=O) groups is 1. The molecule has 4 rings (SSSR count). The molecule has 0 spiro atoms. The van der Waals surface area contributed by atoms with Crippen LogP contribution in [0.4, 0.5) is 11.5 Å². The number of nitriles is 1. The minimum atomic E-state index is -0.773. The Morgan fingerprint density at radius 1 is 1.18 bits per heavy atom. The molecule has 0 radical (unpaired) electrons. The molecule has 0 bridgehead atoms. The molecule has 1 fully saturated rings. The molecule has 1 aliphatic rings. The highest BCUT2D eigenvalue weighted by molar-refractivity contribution is 6.04. The third-order valence-electron chi connectivity index (χ3n) is 6.16. The van der Waals surface area contributed by atoms with Crippen LogP contribution in [0.5, 0.6) is 0 Å². The normalized spacial score (nSPS) is 16.1. The van der Waals surface area contributed by atoms with Gasteiger partial charge in [-0.25, -0.2) is 4.98 Å². The number of anilines is 2. The zero-order valence-electron chi connectivity index (χ0n) is 20.0. The Kier molecular flexibility index (Phi) is 6.62. The van der Waals surface area contributed by atoms with E-state index in [-0.39, 0.29) is 11.9 Å². The largest absolute Gasteiger partial charge is 0.377 e. The number of ether oxygens (including phenoxy) is 1. The van der Waals surface area contributed by atoms with Crippen LogP contribution in [0, 0.1) is 18.3 Å². The Bertz CT molecular complexity index is 1250. The molecule has 0 saturated carbocycles. The zero-order chi connectivity index (χ0) is 24.3. The molecule has 0 aliphatic carbocycles. The van der Waals surface area contributed by atoms with Crippen molar-refractivity contribution in [2.45, 2.75) is 39.2 Å². The first-order valence-corrected chi connectivity index (χ1v) is 11.4. The summed E-state index contributed by atoms with van der Waals surface area (Å²) in [6, 6.07) is 15.8. The fourth-order valence-corrected chi connectivity index (χ4v) is 4.00. The maximum atomic E-state index is 13.0. The van der Waals surface area contributed by atoms with Gasteiger partial charge in [-0.3, -0.25) is 9.78 Å². The molecule has 1 unspecified atom stereocenters. The van der Waals surface area contributed by atoms with Gasteiger partial charge in [0.1, 0.15) is 5.82 Å². The summed E-state index contributed by atoms with van der Waals surface area (Å²) in [4.78, 5) is 24.1. The van der Waals surface area contributed by atoms with Crippen molar-refractivity contribution in [3.63, 3.8) is 0 Å². The second kappa shape index (κ2) is 9.62. The smallest absolute Gasteiger partial charge is 0.255 e. The number of nitrogens with one attached hydrogen (secondary N) is 1. The molecule has 34 heavy (non-hydrogen) atoms. The lowest BCUT2D eigenvalue weighted by molar-refractivity contribution is 0.0985. The lowest BCUT2D eigenvalue weighted by Gasteiger charge is -2.34. The van der Waals surface area contributed by atoms with Gasteiger partial charge >= 0.3 is 0 Å². The van der Waals surface area contributed by atoms with E-state index in [2.05, 4.69) is 46.2 Å². The van der Waals surface area contributed by atoms with Crippen LogP contribution in [0.15, 0.2) is 54.9 Å². The Hall–Kier alpha value is -3.76. The second-order valence-electron chi connectivity index (χ2n) is 9.17. The molecule has 1 amide bonds. The minimum absolute atomic E-state index is 0.246. The van der Waals surface area contributed by atoms with Gasteiger partial charge in [-0.05, 0) is 80.8 Å². The van der Waals surface area contributed by atoms with Crippen molar-refractivity contribution in [1.29, 1.82) is 5.26 Å². The van der Waals surface area contributed by atoms with E-state index >= 15 is 0 Å². The molecule has 174 valence electrons. The third kappa shape index (κ3) is 4.92. The second-order valence-corrected chi connectivity index (χ2v) is 9.17. The van der Waals surface area contributed by atoms with Crippen LogP contribution in [0.2, 0.25) is 0 Å². The van der Waals surface area contributed by atoms with Gasteiger partial charge in [-0.15, -0.1) is 0 Å². The monoisotopic (exact) mass is 455 g/mol. The number of carbonyl (C=O) groups excluding carboxylic acids is 1. The number of aryl methyl sites for hydroxylation is 1. The minimum Gasteiger partial charge on any atom is -0.377 e. The summed E-state index contributed by atoms with van der Waals surface area (Å²) < 4.78 is 5.56. The topological polar surface area (TPSA) is 91.1 Å². The van der Waals surface area contributed by atoms with Crippen molar-refractivity contribution in [3.05, 3.63) is 71.7 Å². The predicted octanol–water partition coefficient (Wildman–Crippen LogP) is 4.73. The number of rotatable bonds is 5. The third-order valence-corrected chi connectivity index (χ3v) is 6.16. The number of benzene rings is 1. The van der Waals surface area contributed by atoms with Gasteiger partial charge in [0, 0.05) is 30.2 Å². The summed E-state index contributed by atoms with van der Waals surface area (Å²) in [7, 11) is 0. The maximum absolute atomic E-state index is 13.0. The summed E-state index contributed by atoms with van der Waals surface area (Å²) in [5, 5.41) is 12.4.